The molecule has 1 saturated carbocycles. The second-order valence-corrected chi connectivity index (χ2v) is 7.79. The summed E-state index contributed by atoms with van der Waals surface area (Å²) in [6.07, 6.45) is 3.20. The van der Waals surface area contributed by atoms with E-state index in [0.29, 0.717) is 29.0 Å². The number of aromatic nitrogens is 1. The molecule has 2 atom stereocenters. The molecule has 25 heavy (non-hydrogen) atoms. The van der Waals surface area contributed by atoms with Crippen LogP contribution in [-0.2, 0) is 6.61 Å². The van der Waals surface area contributed by atoms with Crippen molar-refractivity contribution in [2.75, 3.05) is 6.54 Å². The monoisotopic (exact) mass is 379 g/mol. The molecule has 0 aliphatic heterocycles. The minimum atomic E-state index is -0.0573. The van der Waals surface area contributed by atoms with Gasteiger partial charge in [0.25, 0.3) is 5.91 Å². The van der Waals surface area contributed by atoms with Crippen molar-refractivity contribution in [3.63, 3.8) is 0 Å². The maximum atomic E-state index is 12.6. The summed E-state index contributed by atoms with van der Waals surface area (Å²) < 4.78 is 5.70. The van der Waals surface area contributed by atoms with E-state index in [4.69, 9.17) is 22.1 Å². The van der Waals surface area contributed by atoms with Crippen LogP contribution in [0.1, 0.15) is 39.6 Å². The summed E-state index contributed by atoms with van der Waals surface area (Å²) in [5.74, 6) is 1.04. The molecule has 5 nitrogen and oxygen atoms in total. The van der Waals surface area contributed by atoms with E-state index in [1.807, 2.05) is 19.1 Å². The number of carbonyl (C=O) groups is 1. The van der Waals surface area contributed by atoms with E-state index in [2.05, 4.69) is 10.3 Å². The molecule has 7 heteroatoms. The van der Waals surface area contributed by atoms with E-state index >= 15 is 0 Å². The van der Waals surface area contributed by atoms with Gasteiger partial charge in [0.2, 0.25) is 0 Å². The summed E-state index contributed by atoms with van der Waals surface area (Å²) in [5.41, 5.74) is 6.53. The van der Waals surface area contributed by atoms with Crippen LogP contribution in [0.2, 0.25) is 5.02 Å². The third-order valence-corrected chi connectivity index (χ3v) is 5.88. The van der Waals surface area contributed by atoms with Gasteiger partial charge in [-0.2, -0.15) is 0 Å². The predicted molar refractivity (Wildman–Crippen MR) is 100 cm³/mol. The molecule has 0 spiro atoms. The Bertz CT molecular complexity index is 732. The Labute approximate surface area is 156 Å². The topological polar surface area (TPSA) is 77.2 Å². The first-order chi connectivity index (χ1) is 12.1. The Morgan fingerprint density at radius 3 is 2.88 bits per heavy atom. The first-order valence-corrected chi connectivity index (χ1v) is 9.62. The zero-order valence-electron chi connectivity index (χ0n) is 14.1. The van der Waals surface area contributed by atoms with Crippen molar-refractivity contribution >= 4 is 28.8 Å². The summed E-state index contributed by atoms with van der Waals surface area (Å²) in [6, 6.07) is 7.34. The van der Waals surface area contributed by atoms with Crippen molar-refractivity contribution in [1.29, 1.82) is 0 Å². The number of benzene rings is 1. The molecule has 1 aliphatic carbocycles. The van der Waals surface area contributed by atoms with E-state index in [1.54, 1.807) is 12.1 Å². The number of halogens is 1. The molecule has 3 rings (SSSR count). The minimum Gasteiger partial charge on any atom is -0.486 e. The Balaban J connectivity index is 1.61. The molecule has 3 N–H and O–H groups in total. The van der Waals surface area contributed by atoms with Crippen LogP contribution in [0.25, 0.3) is 0 Å². The number of nitrogens with two attached hydrogens (primary N) is 1. The molecular formula is C18H22ClN3O2S. The third-order valence-electron chi connectivity index (χ3n) is 4.50. The number of ether oxygens (including phenoxy) is 1. The second-order valence-electron chi connectivity index (χ2n) is 6.27. The van der Waals surface area contributed by atoms with Gasteiger partial charge in [0, 0.05) is 11.1 Å². The van der Waals surface area contributed by atoms with E-state index < -0.39 is 0 Å². The Morgan fingerprint density at radius 2 is 2.16 bits per heavy atom. The van der Waals surface area contributed by atoms with Crippen molar-refractivity contribution in [3.8, 4) is 5.75 Å². The number of hydrogen-bond acceptors (Lipinski definition) is 5. The highest BCUT2D eigenvalue weighted by Gasteiger charge is 2.28. The van der Waals surface area contributed by atoms with E-state index in [9.17, 15) is 4.79 Å². The third kappa shape index (κ3) is 4.51. The van der Waals surface area contributed by atoms with Crippen molar-refractivity contribution in [1.82, 2.24) is 10.3 Å². The van der Waals surface area contributed by atoms with Crippen LogP contribution < -0.4 is 15.8 Å². The lowest BCUT2D eigenvalue weighted by molar-refractivity contribution is 0.0932. The summed E-state index contributed by atoms with van der Waals surface area (Å²) in [6.45, 7) is 2.80. The number of carbonyl (C=O) groups excluding carboxylic acids is 1. The molecule has 1 heterocycles. The molecule has 1 aromatic carbocycles. The van der Waals surface area contributed by atoms with Crippen LogP contribution in [0.15, 0.2) is 24.3 Å². The van der Waals surface area contributed by atoms with Gasteiger partial charge in [-0.25, -0.2) is 4.98 Å². The lowest BCUT2D eigenvalue weighted by Crippen LogP contribution is -2.39. The van der Waals surface area contributed by atoms with Crippen molar-refractivity contribution in [3.05, 3.63) is 44.9 Å². The largest absolute Gasteiger partial charge is 0.486 e. The molecule has 2 aromatic rings. The maximum Gasteiger partial charge on any atom is 0.263 e. The van der Waals surface area contributed by atoms with Crippen molar-refractivity contribution in [2.45, 2.75) is 38.8 Å². The quantitative estimate of drug-likeness (QED) is 0.804. The van der Waals surface area contributed by atoms with Gasteiger partial charge in [-0.3, -0.25) is 4.79 Å². The molecule has 2 unspecified atom stereocenters. The molecule has 0 bridgehead atoms. The Morgan fingerprint density at radius 1 is 1.40 bits per heavy atom. The smallest absolute Gasteiger partial charge is 0.263 e. The van der Waals surface area contributed by atoms with E-state index in [0.717, 1.165) is 35.7 Å². The molecule has 1 aromatic heterocycles. The van der Waals surface area contributed by atoms with Crippen LogP contribution in [0.4, 0.5) is 0 Å². The zero-order chi connectivity index (χ0) is 17.8. The van der Waals surface area contributed by atoms with Crippen LogP contribution in [0.3, 0.4) is 0 Å². The van der Waals surface area contributed by atoms with Crippen molar-refractivity contribution < 1.29 is 9.53 Å². The second kappa shape index (κ2) is 8.17. The summed E-state index contributed by atoms with van der Waals surface area (Å²) in [4.78, 5) is 17.7. The van der Waals surface area contributed by atoms with Crippen LogP contribution >= 0.6 is 22.9 Å². The van der Waals surface area contributed by atoms with Crippen LogP contribution in [-0.4, -0.2) is 23.5 Å². The average Bonchev–Trinajstić information content (AvgIpc) is 3.20. The molecule has 134 valence electrons. The zero-order valence-corrected chi connectivity index (χ0v) is 15.7. The highest BCUT2D eigenvalue weighted by molar-refractivity contribution is 7.13. The number of amides is 1. The van der Waals surface area contributed by atoms with Gasteiger partial charge in [-0.05, 0) is 56.5 Å². The first kappa shape index (κ1) is 18.2. The molecule has 1 amide bonds. The Kier molecular flexibility index (Phi) is 5.93. The average molecular weight is 380 g/mol. The van der Waals surface area contributed by atoms with Gasteiger partial charge >= 0.3 is 0 Å². The van der Waals surface area contributed by atoms with Gasteiger partial charge in [0.1, 0.15) is 22.2 Å². The minimum absolute atomic E-state index is 0.0573. The molecule has 0 saturated heterocycles. The molecule has 0 radical (unpaired) electrons. The maximum absolute atomic E-state index is 12.6. The number of aryl methyl sites for hydroxylation is 1. The lowest BCUT2D eigenvalue weighted by atomic mass is 10.0. The number of hydrogen-bond donors (Lipinski definition) is 2. The van der Waals surface area contributed by atoms with E-state index in [1.165, 1.54) is 11.3 Å². The fourth-order valence-electron chi connectivity index (χ4n) is 3.14. The molecule has 1 aliphatic rings. The number of thiazole rings is 1. The fourth-order valence-corrected chi connectivity index (χ4v) is 4.15. The predicted octanol–water partition coefficient (Wildman–Crippen LogP) is 3.54. The lowest BCUT2D eigenvalue weighted by Gasteiger charge is -2.19. The van der Waals surface area contributed by atoms with Gasteiger partial charge in [0.15, 0.2) is 0 Å². The Hall–Kier alpha value is -1.63. The first-order valence-electron chi connectivity index (χ1n) is 8.42. The van der Waals surface area contributed by atoms with Crippen LogP contribution in [0, 0.1) is 12.8 Å². The molecule has 1 fully saturated rings. The van der Waals surface area contributed by atoms with Gasteiger partial charge < -0.3 is 15.8 Å². The number of nitrogens with zero attached hydrogens (tertiary/aromatic N) is 1. The number of nitrogens with one attached hydrogen (secondary N) is 1. The SMILES string of the molecule is Cc1nc(COc2ccc(Cl)cc2)sc1C(=O)NC1CCCC1CN. The normalized spacial score (nSPS) is 19.8. The standard InChI is InChI=1S/C18H22ClN3O2S/c1-11-17(18(23)22-15-4-2-3-12(15)9-20)25-16(21-11)10-24-14-7-5-13(19)6-8-14/h5-8,12,15H,2-4,9-10,20H2,1H3,(H,22,23). The summed E-state index contributed by atoms with van der Waals surface area (Å²) >= 11 is 7.24. The van der Waals surface area contributed by atoms with Gasteiger partial charge in [-0.1, -0.05) is 18.0 Å². The fraction of sp³-hybridized carbons (Fsp3) is 0.444. The number of rotatable bonds is 6. The summed E-state index contributed by atoms with van der Waals surface area (Å²) in [7, 11) is 0. The van der Waals surface area contributed by atoms with Crippen LogP contribution in [0.5, 0.6) is 5.75 Å². The summed E-state index contributed by atoms with van der Waals surface area (Å²) in [5, 5.41) is 4.57. The van der Waals surface area contributed by atoms with E-state index in [-0.39, 0.29) is 11.9 Å². The van der Waals surface area contributed by atoms with Crippen molar-refractivity contribution in [2.24, 2.45) is 11.7 Å². The highest BCUT2D eigenvalue weighted by atomic mass is 35.5. The van der Waals surface area contributed by atoms with Gasteiger partial charge in [-0.15, -0.1) is 11.3 Å². The molecular weight excluding hydrogens is 358 g/mol. The van der Waals surface area contributed by atoms with Gasteiger partial charge in [0.05, 0.1) is 5.69 Å². The highest BCUT2D eigenvalue weighted by Crippen LogP contribution is 2.26.